The fraction of sp³-hybridized carbons (Fsp3) is 0.111. The summed E-state index contributed by atoms with van der Waals surface area (Å²) in [5.74, 6) is -0.514. The van der Waals surface area contributed by atoms with Crippen LogP contribution in [0.15, 0.2) is 97.1 Å². The van der Waals surface area contributed by atoms with Gasteiger partial charge in [-0.25, -0.2) is 4.39 Å². The van der Waals surface area contributed by atoms with Crippen LogP contribution in [0.2, 0.25) is 0 Å². The maximum Gasteiger partial charge on any atom is 0.573 e. The molecule has 0 aliphatic heterocycles. The van der Waals surface area contributed by atoms with Crippen molar-refractivity contribution in [3.63, 3.8) is 0 Å². The molecule has 0 fully saturated rings. The lowest BCUT2D eigenvalue weighted by Crippen LogP contribution is -2.16. The van der Waals surface area contributed by atoms with Crippen molar-refractivity contribution in [2.75, 3.05) is 10.6 Å². The molecule has 0 saturated carbocycles. The third-order valence-electron chi connectivity index (χ3n) is 4.78. The van der Waals surface area contributed by atoms with Crippen LogP contribution in [0.1, 0.15) is 11.1 Å². The average molecular weight is 500 g/mol. The topological polar surface area (TPSA) is 73.8 Å². The summed E-state index contributed by atoms with van der Waals surface area (Å²) in [7, 11) is 0. The van der Waals surface area contributed by atoms with Crippen molar-refractivity contribution in [3.05, 3.63) is 114 Å². The number of anilines is 4. The van der Waals surface area contributed by atoms with Crippen molar-refractivity contribution in [2.45, 2.75) is 19.6 Å². The molecule has 0 aliphatic rings. The molecule has 0 unspecified atom stereocenters. The molecule has 0 aliphatic carbocycles. The van der Waals surface area contributed by atoms with Crippen LogP contribution in [-0.4, -0.2) is 16.6 Å². The van der Waals surface area contributed by atoms with Crippen molar-refractivity contribution in [1.29, 1.82) is 0 Å². The maximum atomic E-state index is 12.7. The zero-order valence-corrected chi connectivity index (χ0v) is 19.0. The van der Waals surface area contributed by atoms with Gasteiger partial charge >= 0.3 is 6.36 Å². The van der Waals surface area contributed by atoms with Crippen LogP contribution < -0.4 is 15.4 Å². The average Bonchev–Trinajstić information content (AvgIpc) is 2.87. The van der Waals surface area contributed by atoms with E-state index in [2.05, 4.69) is 15.4 Å². The van der Waals surface area contributed by atoms with E-state index in [-0.39, 0.29) is 24.8 Å². The minimum Gasteiger partial charge on any atom is -0.406 e. The Morgan fingerprint density at radius 3 is 1.22 bits per heavy atom. The van der Waals surface area contributed by atoms with E-state index in [9.17, 15) is 17.6 Å². The SMILES string of the molecule is OCc1ccc(Nc2ccc(F)cc2)cc1.OCc1ccc(Nc2ccc(OC(F)(F)F)cc2)cc1. The fourth-order valence-electron chi connectivity index (χ4n) is 2.99. The molecule has 0 aromatic heterocycles. The number of rotatable bonds is 7. The maximum absolute atomic E-state index is 12.7. The van der Waals surface area contributed by atoms with Gasteiger partial charge in [0.15, 0.2) is 0 Å². The Morgan fingerprint density at radius 1 is 0.556 bits per heavy atom. The van der Waals surface area contributed by atoms with Crippen LogP contribution >= 0.6 is 0 Å². The number of aliphatic hydroxyl groups excluding tert-OH is 2. The molecule has 188 valence electrons. The molecule has 0 bridgehead atoms. The lowest BCUT2D eigenvalue weighted by Gasteiger charge is -2.10. The molecule has 0 heterocycles. The molecule has 0 amide bonds. The first kappa shape index (κ1) is 26.5. The minimum absolute atomic E-state index is 0.0379. The molecular formula is C27H24F4N2O3. The lowest BCUT2D eigenvalue weighted by atomic mass is 10.2. The molecule has 9 heteroatoms. The molecule has 4 rings (SSSR count). The third kappa shape index (κ3) is 8.94. The van der Waals surface area contributed by atoms with E-state index >= 15 is 0 Å². The first-order chi connectivity index (χ1) is 17.2. The number of benzene rings is 4. The lowest BCUT2D eigenvalue weighted by molar-refractivity contribution is -0.274. The second kappa shape index (κ2) is 12.6. The number of hydrogen-bond donors (Lipinski definition) is 4. The molecule has 5 nitrogen and oxygen atoms in total. The zero-order chi connectivity index (χ0) is 26.0. The number of nitrogens with one attached hydrogen (secondary N) is 2. The largest absolute Gasteiger partial charge is 0.573 e. The predicted molar refractivity (Wildman–Crippen MR) is 131 cm³/mol. The van der Waals surface area contributed by atoms with Crippen LogP contribution in [0.25, 0.3) is 0 Å². The van der Waals surface area contributed by atoms with Crippen LogP contribution in [-0.2, 0) is 13.2 Å². The molecular weight excluding hydrogens is 476 g/mol. The predicted octanol–water partition coefficient (Wildman–Crippen LogP) is 6.88. The Hall–Kier alpha value is -4.08. The minimum atomic E-state index is -4.69. The number of ether oxygens (including phenoxy) is 1. The van der Waals surface area contributed by atoms with Gasteiger partial charge in [-0.3, -0.25) is 0 Å². The molecule has 0 spiro atoms. The Labute approximate surface area is 205 Å². The molecule has 4 aromatic carbocycles. The van der Waals surface area contributed by atoms with Gasteiger partial charge in [-0.15, -0.1) is 13.2 Å². The summed E-state index contributed by atoms with van der Waals surface area (Å²) in [5.41, 5.74) is 4.79. The fourth-order valence-corrected chi connectivity index (χ4v) is 2.99. The van der Waals surface area contributed by atoms with E-state index in [0.717, 1.165) is 28.2 Å². The summed E-state index contributed by atoms with van der Waals surface area (Å²) in [6.45, 7) is 0.000582. The number of hydrogen-bond acceptors (Lipinski definition) is 5. The van der Waals surface area contributed by atoms with Gasteiger partial charge in [-0.2, -0.15) is 0 Å². The Kier molecular flexibility index (Phi) is 9.26. The van der Waals surface area contributed by atoms with Crippen molar-refractivity contribution < 1.29 is 32.5 Å². The van der Waals surface area contributed by atoms with Crippen molar-refractivity contribution in [3.8, 4) is 5.75 Å². The number of halogens is 4. The molecule has 4 aromatic rings. The number of alkyl halides is 3. The van der Waals surface area contributed by atoms with Crippen LogP contribution in [0, 0.1) is 5.82 Å². The quantitative estimate of drug-likeness (QED) is 0.208. The molecule has 4 N–H and O–H groups in total. The van der Waals surface area contributed by atoms with Crippen LogP contribution in [0.3, 0.4) is 0 Å². The van der Waals surface area contributed by atoms with Gasteiger partial charge < -0.3 is 25.6 Å². The van der Waals surface area contributed by atoms with E-state index in [1.165, 1.54) is 36.4 Å². The first-order valence-corrected chi connectivity index (χ1v) is 10.8. The summed E-state index contributed by atoms with van der Waals surface area (Å²) < 4.78 is 52.5. The molecule has 0 atom stereocenters. The van der Waals surface area contributed by atoms with Gasteiger partial charge in [0.1, 0.15) is 11.6 Å². The second-order valence-electron chi connectivity index (χ2n) is 7.54. The zero-order valence-electron chi connectivity index (χ0n) is 19.0. The monoisotopic (exact) mass is 500 g/mol. The Bertz CT molecular complexity index is 1200. The summed E-state index contributed by atoms with van der Waals surface area (Å²) in [5, 5.41) is 24.0. The highest BCUT2D eigenvalue weighted by molar-refractivity contribution is 5.61. The van der Waals surface area contributed by atoms with E-state index in [0.29, 0.717) is 5.69 Å². The standard InChI is InChI=1S/C14H12F3NO2.C13H12FNO/c15-14(16,17)20-13-7-5-12(6-8-13)18-11-3-1-10(9-19)2-4-11;14-11-3-7-13(8-4-11)15-12-5-1-10(9-16)2-6-12/h1-8,18-19H,9H2;1-8,15-16H,9H2. The van der Waals surface area contributed by atoms with E-state index in [1.54, 1.807) is 36.4 Å². The number of aliphatic hydroxyl groups is 2. The van der Waals surface area contributed by atoms with Gasteiger partial charge in [-0.05, 0) is 83.9 Å². The van der Waals surface area contributed by atoms with E-state index in [1.807, 2.05) is 24.3 Å². The van der Waals surface area contributed by atoms with Gasteiger partial charge in [0.05, 0.1) is 13.2 Å². The second-order valence-corrected chi connectivity index (χ2v) is 7.54. The van der Waals surface area contributed by atoms with Crippen LogP contribution in [0.4, 0.5) is 40.3 Å². The van der Waals surface area contributed by atoms with Gasteiger partial charge in [0, 0.05) is 22.7 Å². The summed E-state index contributed by atoms with van der Waals surface area (Å²) in [6, 6.07) is 26.1. The smallest absolute Gasteiger partial charge is 0.406 e. The van der Waals surface area contributed by atoms with Gasteiger partial charge in [0.25, 0.3) is 0 Å². The molecule has 0 radical (unpaired) electrons. The van der Waals surface area contributed by atoms with Crippen molar-refractivity contribution >= 4 is 22.7 Å². The van der Waals surface area contributed by atoms with Crippen LogP contribution in [0.5, 0.6) is 5.75 Å². The third-order valence-corrected chi connectivity index (χ3v) is 4.78. The van der Waals surface area contributed by atoms with Gasteiger partial charge in [0.2, 0.25) is 0 Å². The first-order valence-electron chi connectivity index (χ1n) is 10.8. The van der Waals surface area contributed by atoms with E-state index in [4.69, 9.17) is 10.2 Å². The van der Waals surface area contributed by atoms with Crippen molar-refractivity contribution in [2.24, 2.45) is 0 Å². The summed E-state index contributed by atoms with van der Waals surface area (Å²) in [4.78, 5) is 0. The summed E-state index contributed by atoms with van der Waals surface area (Å²) in [6.07, 6.45) is -4.69. The van der Waals surface area contributed by atoms with Crippen molar-refractivity contribution in [1.82, 2.24) is 0 Å². The Balaban J connectivity index is 0.000000205. The molecule has 0 saturated heterocycles. The highest BCUT2D eigenvalue weighted by Crippen LogP contribution is 2.25. The highest BCUT2D eigenvalue weighted by Gasteiger charge is 2.30. The highest BCUT2D eigenvalue weighted by atomic mass is 19.4. The Morgan fingerprint density at radius 2 is 0.889 bits per heavy atom. The summed E-state index contributed by atoms with van der Waals surface area (Å²) >= 11 is 0. The van der Waals surface area contributed by atoms with Gasteiger partial charge in [-0.1, -0.05) is 24.3 Å². The van der Waals surface area contributed by atoms with E-state index < -0.39 is 6.36 Å². The normalized spacial score (nSPS) is 10.7. The molecule has 36 heavy (non-hydrogen) atoms.